The first kappa shape index (κ1) is 89.8. The van der Waals surface area contributed by atoms with Gasteiger partial charge < -0.3 is 98.0 Å². The number of carbonyl (C=O) groups excluding carboxylic acids is 1. The number of aliphatic hydroxyl groups excluding tert-OH is 2. The molecule has 128 heavy (non-hydrogen) atoms. The lowest BCUT2D eigenvalue weighted by atomic mass is 10.2. The number of imidazole rings is 3. The Morgan fingerprint density at radius 1 is 0.430 bits per heavy atom. The Kier molecular flexibility index (Phi) is 29.3. The summed E-state index contributed by atoms with van der Waals surface area (Å²) in [5.74, 6) is 8.87. The number of piperazine rings is 3. The summed E-state index contributed by atoms with van der Waals surface area (Å²) >= 11 is 12.4. The molecule has 20 rings (SSSR count). The highest BCUT2D eigenvalue weighted by Gasteiger charge is 2.35. The second kappa shape index (κ2) is 41.7. The van der Waals surface area contributed by atoms with Crippen LogP contribution in [0, 0.1) is 0 Å². The molecule has 38 nitrogen and oxygen atoms in total. The summed E-state index contributed by atoms with van der Waals surface area (Å²) in [6.07, 6.45) is 23.9. The normalized spacial score (nSPS) is 18.1. The lowest BCUT2D eigenvalue weighted by Crippen LogP contribution is -2.46. The maximum absolute atomic E-state index is 11.2. The first-order chi connectivity index (χ1) is 62.6. The number of fused-ring (bicyclic) bond motifs is 3. The number of nitrogens with one attached hydrogen (secondary N) is 5. The van der Waals surface area contributed by atoms with Crippen molar-refractivity contribution in [2.75, 3.05) is 190 Å². The van der Waals surface area contributed by atoms with Gasteiger partial charge in [-0.05, 0) is 130 Å². The summed E-state index contributed by atoms with van der Waals surface area (Å²) in [5, 5.41) is 48.7. The largest absolute Gasteiger partial charge is 0.493 e. The van der Waals surface area contributed by atoms with Gasteiger partial charge >= 0.3 is 0 Å². The van der Waals surface area contributed by atoms with E-state index in [-0.39, 0.29) is 23.2 Å². The molecule has 2 atom stereocenters. The molecule has 0 spiro atoms. The summed E-state index contributed by atoms with van der Waals surface area (Å²) < 4.78 is 60.0. The molecule has 3 saturated carbocycles. The zero-order valence-corrected chi connectivity index (χ0v) is 75.3. The SMILES string of the molecule is C1CN(C2CC2)CCN1.COc1cc(-n2cnc(Nc3nc(Cl)nn4c(C=O)ccc34)c2)cc(OC)c1OC.COc1cc(-n2cnc(Nc3nc(Cl)nn4c(CN5CCN(C6CC6)CC5)ccc34)c2)cc(OC)c1OC.COc1cc(-n2cnc(Nc3nc(N4CCC[C@H]4CO)nn4c(CN5CCN(C6CC6)CC5)ccc34)c2)cc(OC)c1OC.OC[C@@H]1CCCN1. The van der Waals surface area contributed by atoms with Crippen molar-refractivity contribution in [1.29, 1.82) is 0 Å². The number of anilines is 7. The average molecular weight is 1800 g/mol. The minimum absolute atomic E-state index is 0.00615. The molecule has 0 amide bonds. The number of hydrogen-bond donors (Lipinski definition) is 7. The third-order valence-electron chi connectivity index (χ3n) is 24.3. The predicted molar refractivity (Wildman–Crippen MR) is 487 cm³/mol. The Morgan fingerprint density at radius 3 is 1.19 bits per heavy atom. The van der Waals surface area contributed by atoms with Crippen LogP contribution in [0.25, 0.3) is 33.6 Å². The average Bonchev–Trinajstić information content (AvgIpc) is 1.61. The van der Waals surface area contributed by atoms with Crippen LogP contribution in [-0.4, -0.2) is 312 Å². The summed E-state index contributed by atoms with van der Waals surface area (Å²) in [7, 11) is 14.2. The van der Waals surface area contributed by atoms with E-state index in [0.29, 0.717) is 123 Å². The van der Waals surface area contributed by atoms with Gasteiger partial charge in [-0.15, -0.1) is 15.3 Å². The standard InChI is InChI=1S/C31H41N9O4.C26H31ClN8O3.C19H17ClN6O4.C7H14N2.C5H11NO/c1-42-26-15-24(16-27(43-2)29(26)44-3)38-18-28(32-20-38)33-30-25-9-8-22(17-36-11-13-37(14-12-36)21-6-7-21)40(25)35-31(34-30)39-10-4-5-23(39)19-41;1-36-21-12-19(13-22(37-2)24(21)38-3)34-15-23(28-16-34)29-25-20-7-6-18(35(20)31-26(27)30-25)14-32-8-10-33(11-9-32)17-4-5-17;1-28-14-6-12(7-15(29-2)17(14)30-3)25-8-16(21-10-25)22-18-13-5-4-11(9-27)26(13)24-19(20)23-18;1-2-7(1)9-5-3-8-4-6-9;7-4-5-2-1-3-6-5/h8-9,15-16,18,20-21,23,41H,4-7,10-14,17,19H2,1-3H3,(H,33,34,35);6-7,12-13,15-17H,4-5,8-11,14H2,1-3H3,(H,29,30,31);4-10H,1-3H3,(H,22,23,24);7-8H,1-6H2;5-7H,1-4H2/t23-;;;;5-/m0...0/s1. The summed E-state index contributed by atoms with van der Waals surface area (Å²) in [4.78, 5) is 53.3. The van der Waals surface area contributed by atoms with E-state index in [1.165, 1.54) is 75.6 Å². The van der Waals surface area contributed by atoms with Gasteiger partial charge in [-0.25, -0.2) is 28.5 Å². The molecule has 7 N–H and O–H groups in total. The van der Waals surface area contributed by atoms with Gasteiger partial charge in [0.1, 0.15) is 58.7 Å². The highest BCUT2D eigenvalue weighted by Crippen LogP contribution is 2.44. The number of aldehydes is 1. The first-order valence-corrected chi connectivity index (χ1v) is 44.2. The maximum Gasteiger partial charge on any atom is 0.245 e. The van der Waals surface area contributed by atoms with Crippen LogP contribution in [0.4, 0.5) is 40.9 Å². The van der Waals surface area contributed by atoms with E-state index in [9.17, 15) is 9.90 Å². The maximum atomic E-state index is 11.2. The molecule has 0 unspecified atom stereocenters. The van der Waals surface area contributed by atoms with Gasteiger partial charge in [0.05, 0.1) is 130 Å². The zero-order chi connectivity index (χ0) is 88.9. The van der Waals surface area contributed by atoms with E-state index in [2.05, 4.69) is 109 Å². The molecule has 5 aliphatic heterocycles. The molecular formula is C88H114Cl2N26O12. The van der Waals surface area contributed by atoms with Gasteiger partial charge in [-0.1, -0.05) is 0 Å². The van der Waals surface area contributed by atoms with E-state index >= 15 is 0 Å². The molecule has 8 aliphatic rings. The number of methoxy groups -OCH3 is 9. The third-order valence-corrected chi connectivity index (χ3v) is 24.6. The van der Waals surface area contributed by atoms with Crippen LogP contribution >= 0.6 is 23.2 Å². The predicted octanol–water partition coefficient (Wildman–Crippen LogP) is 9.48. The van der Waals surface area contributed by atoms with Gasteiger partial charge in [0, 0.05) is 159 Å². The highest BCUT2D eigenvalue weighted by molar-refractivity contribution is 6.28. The Morgan fingerprint density at radius 2 is 0.820 bits per heavy atom. The van der Waals surface area contributed by atoms with Crippen molar-refractivity contribution in [3.63, 3.8) is 0 Å². The molecular weight excluding hydrogens is 1680 g/mol. The van der Waals surface area contributed by atoms with Crippen LogP contribution in [0.5, 0.6) is 51.7 Å². The molecule has 3 aliphatic carbocycles. The van der Waals surface area contributed by atoms with Gasteiger partial charge in [0.2, 0.25) is 33.8 Å². The van der Waals surface area contributed by atoms with Gasteiger partial charge in [-0.2, -0.15) is 15.0 Å². The summed E-state index contributed by atoms with van der Waals surface area (Å²) in [6.45, 7) is 17.6. The fourth-order valence-electron chi connectivity index (χ4n) is 17.0. The lowest BCUT2D eigenvalue weighted by Gasteiger charge is -2.34. The number of ether oxygens (including phenoxy) is 9. The minimum Gasteiger partial charge on any atom is -0.493 e. The Labute approximate surface area is 752 Å². The summed E-state index contributed by atoms with van der Waals surface area (Å²) in [6, 6.07) is 25.8. The highest BCUT2D eigenvalue weighted by atomic mass is 35.5. The van der Waals surface area contributed by atoms with E-state index in [1.54, 1.807) is 118 Å². The van der Waals surface area contributed by atoms with Crippen LogP contribution in [0.15, 0.2) is 110 Å². The van der Waals surface area contributed by atoms with Crippen molar-refractivity contribution in [1.82, 2.24) is 108 Å². The molecule has 12 aromatic rings. The molecule has 8 fully saturated rings. The van der Waals surface area contributed by atoms with Crippen LogP contribution in [-0.2, 0) is 13.1 Å². The first-order valence-electron chi connectivity index (χ1n) is 43.5. The molecule has 9 aromatic heterocycles. The number of nitrogens with zero attached hydrogens (tertiary/aromatic N) is 21. The number of rotatable bonds is 29. The number of carbonyl (C=O) groups is 1. The topological polar surface area (TPSA) is 364 Å². The number of benzene rings is 3. The van der Waals surface area contributed by atoms with Crippen LogP contribution in [0.2, 0.25) is 10.6 Å². The second-order valence-electron chi connectivity index (χ2n) is 32.4. The Hall–Kier alpha value is -11.6. The fraction of sp³-hybridized carbons (Fsp3) is 0.477. The Balaban J connectivity index is 0.000000131. The molecule has 3 aromatic carbocycles. The molecule has 40 heteroatoms. The van der Waals surface area contributed by atoms with Crippen molar-refractivity contribution >= 4 is 86.9 Å². The van der Waals surface area contributed by atoms with Crippen LogP contribution in [0.3, 0.4) is 0 Å². The smallest absolute Gasteiger partial charge is 0.245 e. The van der Waals surface area contributed by atoms with Crippen LogP contribution < -0.4 is 74.1 Å². The second-order valence-corrected chi connectivity index (χ2v) is 33.1. The molecule has 0 bridgehead atoms. The molecule has 5 saturated heterocycles. The van der Waals surface area contributed by atoms with Crippen molar-refractivity contribution < 1.29 is 57.6 Å². The lowest BCUT2D eigenvalue weighted by molar-refractivity contribution is 0.111. The number of halogens is 2. The van der Waals surface area contributed by atoms with Crippen molar-refractivity contribution in [3.05, 3.63) is 138 Å². The summed E-state index contributed by atoms with van der Waals surface area (Å²) in [5.41, 5.74) is 7.22. The van der Waals surface area contributed by atoms with E-state index < -0.39 is 0 Å². The number of aromatic nitrogens is 15. The van der Waals surface area contributed by atoms with Crippen molar-refractivity contribution in [2.45, 2.75) is 108 Å². The van der Waals surface area contributed by atoms with Crippen molar-refractivity contribution in [2.24, 2.45) is 0 Å². The van der Waals surface area contributed by atoms with Gasteiger partial charge in [0.15, 0.2) is 58.2 Å². The van der Waals surface area contributed by atoms with E-state index in [1.807, 2.05) is 60.9 Å². The number of aliphatic hydroxyl groups is 2. The van der Waals surface area contributed by atoms with Gasteiger partial charge in [-0.3, -0.25) is 29.3 Å². The van der Waals surface area contributed by atoms with Crippen molar-refractivity contribution in [3.8, 4) is 68.8 Å². The van der Waals surface area contributed by atoms with E-state index in [4.69, 9.17) is 81.0 Å². The number of hydrogen-bond acceptors (Lipinski definition) is 32. The molecule has 0 radical (unpaired) electrons. The Bertz CT molecular complexity index is 5650. The molecule has 682 valence electrons. The molecule has 14 heterocycles. The minimum atomic E-state index is -0.00615. The third kappa shape index (κ3) is 21.1. The van der Waals surface area contributed by atoms with Crippen LogP contribution in [0.1, 0.15) is 86.1 Å². The monoisotopic (exact) mass is 1800 g/mol. The van der Waals surface area contributed by atoms with Gasteiger partial charge in [0.25, 0.3) is 0 Å². The quantitative estimate of drug-likeness (QED) is 0.0214. The van der Waals surface area contributed by atoms with E-state index in [0.717, 1.165) is 155 Å². The zero-order valence-electron chi connectivity index (χ0n) is 73.8. The fourth-order valence-corrected chi connectivity index (χ4v) is 17.3.